The number of nitrogens with one attached hydrogen (secondary N) is 2. The molecule has 1 aliphatic heterocycles. The first kappa shape index (κ1) is 24.0. The lowest BCUT2D eigenvalue weighted by molar-refractivity contribution is -0.146. The van der Waals surface area contributed by atoms with E-state index in [0.29, 0.717) is 18.5 Å². The molecule has 0 spiro atoms. The first-order valence-electron chi connectivity index (χ1n) is 11.2. The number of rotatable bonds is 9. The zero-order chi connectivity index (χ0) is 23.8. The summed E-state index contributed by atoms with van der Waals surface area (Å²) in [5.41, 5.74) is 3.90. The van der Waals surface area contributed by atoms with Crippen molar-refractivity contribution >= 4 is 35.1 Å². The van der Waals surface area contributed by atoms with E-state index >= 15 is 0 Å². The highest BCUT2D eigenvalue weighted by molar-refractivity contribution is 5.99. The van der Waals surface area contributed by atoms with Crippen LogP contribution in [0.25, 0.3) is 0 Å². The van der Waals surface area contributed by atoms with Gasteiger partial charge in [-0.1, -0.05) is 32.0 Å². The number of ether oxygens (including phenoxy) is 1. The zero-order valence-electron chi connectivity index (χ0n) is 19.0. The number of esters is 1. The second-order valence-corrected chi connectivity index (χ2v) is 7.75. The SMILES string of the molecule is CCc1cccc(CC)c1NC(=O)COC(=O)CNC(=O)c1ccc(N2CCCC2=O)cc1. The zero-order valence-corrected chi connectivity index (χ0v) is 19.0. The maximum absolute atomic E-state index is 12.3. The van der Waals surface area contributed by atoms with Crippen LogP contribution in [0.3, 0.4) is 0 Å². The third kappa shape index (κ3) is 6.19. The summed E-state index contributed by atoms with van der Waals surface area (Å²) >= 11 is 0. The van der Waals surface area contributed by atoms with E-state index in [1.165, 1.54) is 0 Å². The average molecular weight is 452 g/mol. The molecule has 3 amide bonds. The lowest BCUT2D eigenvalue weighted by Crippen LogP contribution is -2.32. The minimum Gasteiger partial charge on any atom is -0.454 e. The van der Waals surface area contributed by atoms with Gasteiger partial charge in [0.1, 0.15) is 6.54 Å². The quantitative estimate of drug-likeness (QED) is 0.571. The summed E-state index contributed by atoms with van der Waals surface area (Å²) in [6.45, 7) is 3.89. The van der Waals surface area contributed by atoms with Gasteiger partial charge in [0, 0.05) is 29.9 Å². The fraction of sp³-hybridized carbons (Fsp3) is 0.360. The molecule has 0 radical (unpaired) electrons. The van der Waals surface area contributed by atoms with E-state index in [0.717, 1.165) is 41.8 Å². The lowest BCUT2D eigenvalue weighted by atomic mass is 10.0. The Morgan fingerprint density at radius 2 is 1.67 bits per heavy atom. The number of hydrogen-bond donors (Lipinski definition) is 2. The predicted octanol–water partition coefficient (Wildman–Crippen LogP) is 2.85. The smallest absolute Gasteiger partial charge is 0.325 e. The van der Waals surface area contributed by atoms with Crippen LogP contribution >= 0.6 is 0 Å². The number of carbonyl (C=O) groups is 4. The van der Waals surface area contributed by atoms with Crippen molar-refractivity contribution in [2.24, 2.45) is 0 Å². The molecule has 8 nitrogen and oxygen atoms in total. The van der Waals surface area contributed by atoms with Crippen molar-refractivity contribution in [1.82, 2.24) is 5.32 Å². The van der Waals surface area contributed by atoms with Gasteiger partial charge in [-0.3, -0.25) is 19.2 Å². The topological polar surface area (TPSA) is 105 Å². The number of anilines is 2. The molecule has 1 fully saturated rings. The van der Waals surface area contributed by atoms with Gasteiger partial charge in [-0.15, -0.1) is 0 Å². The molecule has 2 N–H and O–H groups in total. The molecule has 33 heavy (non-hydrogen) atoms. The number of para-hydroxylation sites is 1. The van der Waals surface area contributed by atoms with Crippen molar-refractivity contribution in [2.45, 2.75) is 39.5 Å². The van der Waals surface area contributed by atoms with Gasteiger partial charge >= 0.3 is 5.97 Å². The maximum Gasteiger partial charge on any atom is 0.325 e. The van der Waals surface area contributed by atoms with Crippen LogP contribution in [0, 0.1) is 0 Å². The fourth-order valence-corrected chi connectivity index (χ4v) is 3.74. The second-order valence-electron chi connectivity index (χ2n) is 7.75. The molecule has 174 valence electrons. The summed E-state index contributed by atoms with van der Waals surface area (Å²) in [5.74, 6) is -1.52. The number of aryl methyl sites for hydroxylation is 2. The maximum atomic E-state index is 12.3. The van der Waals surface area contributed by atoms with Gasteiger partial charge in [0.25, 0.3) is 11.8 Å². The summed E-state index contributed by atoms with van der Waals surface area (Å²) in [6, 6.07) is 12.5. The molecule has 0 aromatic heterocycles. The van der Waals surface area contributed by atoms with Gasteiger partial charge in [-0.05, 0) is 54.7 Å². The molecule has 8 heteroatoms. The van der Waals surface area contributed by atoms with E-state index < -0.39 is 24.4 Å². The Kier molecular flexibility index (Phi) is 8.18. The van der Waals surface area contributed by atoms with Gasteiger partial charge < -0.3 is 20.3 Å². The highest BCUT2D eigenvalue weighted by Crippen LogP contribution is 2.23. The molecule has 2 aromatic carbocycles. The van der Waals surface area contributed by atoms with Crippen LogP contribution in [-0.2, 0) is 32.0 Å². The molecule has 0 saturated carbocycles. The Bertz CT molecular complexity index is 1010. The average Bonchev–Trinajstić information content (AvgIpc) is 3.27. The number of benzene rings is 2. The van der Waals surface area contributed by atoms with E-state index in [1.54, 1.807) is 29.2 Å². The van der Waals surface area contributed by atoms with Crippen molar-refractivity contribution in [3.63, 3.8) is 0 Å². The lowest BCUT2D eigenvalue weighted by Gasteiger charge is -2.16. The molecule has 3 rings (SSSR count). The van der Waals surface area contributed by atoms with Gasteiger partial charge in [0.15, 0.2) is 6.61 Å². The van der Waals surface area contributed by atoms with Crippen LogP contribution in [0.5, 0.6) is 0 Å². The summed E-state index contributed by atoms with van der Waals surface area (Å²) in [5, 5.41) is 5.31. The Labute approximate surface area is 193 Å². The number of carbonyl (C=O) groups excluding carboxylic acids is 4. The van der Waals surface area contributed by atoms with E-state index in [2.05, 4.69) is 10.6 Å². The van der Waals surface area contributed by atoms with Crippen molar-refractivity contribution in [3.05, 3.63) is 59.2 Å². The summed E-state index contributed by atoms with van der Waals surface area (Å²) < 4.78 is 5.00. The number of amides is 3. The van der Waals surface area contributed by atoms with Crippen LogP contribution < -0.4 is 15.5 Å². The first-order chi connectivity index (χ1) is 15.9. The Morgan fingerprint density at radius 3 is 2.24 bits per heavy atom. The first-order valence-corrected chi connectivity index (χ1v) is 11.2. The molecule has 0 unspecified atom stereocenters. The van der Waals surface area contributed by atoms with Gasteiger partial charge in [0.05, 0.1) is 0 Å². The Morgan fingerprint density at radius 1 is 1.00 bits per heavy atom. The second kappa shape index (κ2) is 11.3. The van der Waals surface area contributed by atoms with Crippen molar-refractivity contribution in [3.8, 4) is 0 Å². The van der Waals surface area contributed by atoms with Crippen molar-refractivity contribution in [2.75, 3.05) is 29.9 Å². The van der Waals surface area contributed by atoms with Crippen LogP contribution in [-0.4, -0.2) is 43.4 Å². The minimum atomic E-state index is -0.711. The minimum absolute atomic E-state index is 0.0723. The van der Waals surface area contributed by atoms with Crippen LogP contribution in [0.1, 0.15) is 48.2 Å². The van der Waals surface area contributed by atoms with Crippen LogP contribution in [0.2, 0.25) is 0 Å². The third-order valence-corrected chi connectivity index (χ3v) is 5.54. The van der Waals surface area contributed by atoms with E-state index in [4.69, 9.17) is 4.74 Å². The third-order valence-electron chi connectivity index (χ3n) is 5.54. The molecule has 0 atom stereocenters. The van der Waals surface area contributed by atoms with Crippen molar-refractivity contribution in [1.29, 1.82) is 0 Å². The largest absolute Gasteiger partial charge is 0.454 e. The van der Waals surface area contributed by atoms with Gasteiger partial charge in [-0.25, -0.2) is 0 Å². The van der Waals surface area contributed by atoms with Crippen molar-refractivity contribution < 1.29 is 23.9 Å². The monoisotopic (exact) mass is 451 g/mol. The molecular formula is C25H29N3O5. The molecular weight excluding hydrogens is 422 g/mol. The molecule has 0 bridgehead atoms. The summed E-state index contributed by atoms with van der Waals surface area (Å²) in [6.07, 6.45) is 2.90. The van der Waals surface area contributed by atoms with Crippen LogP contribution in [0.15, 0.2) is 42.5 Å². The highest BCUT2D eigenvalue weighted by Gasteiger charge is 2.21. The normalized spacial score (nSPS) is 13.0. The number of nitrogens with zero attached hydrogens (tertiary/aromatic N) is 1. The Hall–Kier alpha value is -3.68. The molecule has 0 aliphatic carbocycles. The summed E-state index contributed by atoms with van der Waals surface area (Å²) in [7, 11) is 0. The van der Waals surface area contributed by atoms with Gasteiger partial charge in [-0.2, -0.15) is 0 Å². The highest BCUT2D eigenvalue weighted by atomic mass is 16.5. The molecule has 1 heterocycles. The van der Waals surface area contributed by atoms with Gasteiger partial charge in [0.2, 0.25) is 5.91 Å². The summed E-state index contributed by atoms with van der Waals surface area (Å²) in [4.78, 5) is 50.0. The van der Waals surface area contributed by atoms with E-state index in [1.807, 2.05) is 32.0 Å². The molecule has 2 aromatic rings. The van der Waals surface area contributed by atoms with Crippen LogP contribution in [0.4, 0.5) is 11.4 Å². The predicted molar refractivity (Wildman–Crippen MR) is 125 cm³/mol. The fourth-order valence-electron chi connectivity index (χ4n) is 3.74. The number of hydrogen-bond acceptors (Lipinski definition) is 5. The molecule has 1 aliphatic rings. The standard InChI is InChI=1S/C25H29N3O5/c1-3-17-7-5-8-18(4-2)24(17)27-21(29)16-33-23(31)15-26-25(32)19-10-12-20(13-11-19)28-14-6-9-22(28)30/h5,7-8,10-13H,3-4,6,9,14-16H2,1-2H3,(H,26,32)(H,27,29). The van der Waals surface area contributed by atoms with E-state index in [9.17, 15) is 19.2 Å². The Balaban J connectivity index is 1.45. The molecule has 1 saturated heterocycles. The van der Waals surface area contributed by atoms with E-state index in [-0.39, 0.29) is 12.5 Å².